The van der Waals surface area contributed by atoms with Gasteiger partial charge in [-0.25, -0.2) is 4.98 Å². The lowest BCUT2D eigenvalue weighted by molar-refractivity contribution is -0.143. The topological polar surface area (TPSA) is 133 Å². The molecule has 1 aliphatic carbocycles. The summed E-state index contributed by atoms with van der Waals surface area (Å²) < 4.78 is 1.86. The number of carboxylic acid groups (broad SMARTS) is 1. The Morgan fingerprint density at radius 1 is 0.887 bits per heavy atom. The van der Waals surface area contributed by atoms with E-state index in [1.54, 1.807) is 30.5 Å². The molecule has 0 spiro atoms. The lowest BCUT2D eigenvalue weighted by atomic mass is 9.81. The first kappa shape index (κ1) is 37.0. The number of carboxylic acids is 1. The summed E-state index contributed by atoms with van der Waals surface area (Å²) in [5.41, 5.74) is 6.55. The van der Waals surface area contributed by atoms with E-state index in [1.165, 1.54) is 0 Å². The van der Waals surface area contributed by atoms with Crippen LogP contribution >= 0.6 is 23.2 Å². The zero-order chi connectivity index (χ0) is 37.4. The molecule has 0 radical (unpaired) electrons. The number of carbonyl (C=O) groups is 3. The fourth-order valence-electron chi connectivity index (χ4n) is 7.96. The van der Waals surface area contributed by atoms with Gasteiger partial charge >= 0.3 is 5.97 Å². The number of halogens is 2. The monoisotopic (exact) mass is 757 g/mol. The second-order valence-corrected chi connectivity index (χ2v) is 15.6. The molecule has 3 N–H and O–H groups in total. The Morgan fingerprint density at radius 2 is 1.55 bits per heavy atom. The molecule has 1 fully saturated rings. The van der Waals surface area contributed by atoms with Gasteiger partial charge in [-0.2, -0.15) is 0 Å². The molecule has 2 aromatic heterocycles. The van der Waals surface area contributed by atoms with Crippen molar-refractivity contribution in [1.29, 1.82) is 0 Å². The van der Waals surface area contributed by atoms with Crippen LogP contribution in [-0.2, 0) is 37.8 Å². The minimum Gasteiger partial charge on any atom is -0.481 e. The van der Waals surface area contributed by atoms with E-state index in [1.807, 2.05) is 29.8 Å². The number of hydrogen-bond acceptors (Lipinski definition) is 7. The number of anilines is 2. The summed E-state index contributed by atoms with van der Waals surface area (Å²) in [4.78, 5) is 52.3. The van der Waals surface area contributed by atoms with E-state index in [2.05, 4.69) is 39.3 Å². The lowest BCUT2D eigenvalue weighted by Crippen LogP contribution is -2.36. The molecule has 0 unspecified atom stereocenters. The van der Waals surface area contributed by atoms with Gasteiger partial charge in [-0.1, -0.05) is 47.5 Å². The van der Waals surface area contributed by atoms with Crippen LogP contribution < -0.4 is 10.6 Å². The van der Waals surface area contributed by atoms with E-state index in [0.29, 0.717) is 62.6 Å². The third kappa shape index (κ3) is 7.85. The fraction of sp³-hybridized carbons (Fsp3) is 0.425. The molecule has 2 amide bonds. The van der Waals surface area contributed by atoms with Crippen molar-refractivity contribution in [1.82, 2.24) is 24.3 Å². The van der Waals surface area contributed by atoms with Gasteiger partial charge in [0, 0.05) is 75.3 Å². The van der Waals surface area contributed by atoms with Gasteiger partial charge in [0.2, 0.25) is 0 Å². The van der Waals surface area contributed by atoms with Crippen molar-refractivity contribution < 1.29 is 19.5 Å². The second kappa shape index (κ2) is 15.6. The molecule has 11 nitrogen and oxygen atoms in total. The van der Waals surface area contributed by atoms with Crippen molar-refractivity contribution in [2.75, 3.05) is 30.3 Å². The van der Waals surface area contributed by atoms with Gasteiger partial charge in [0.15, 0.2) is 5.82 Å². The maximum Gasteiger partial charge on any atom is 0.306 e. The normalized spacial score (nSPS) is 19.1. The molecular weight excluding hydrogens is 713 g/mol. The molecule has 13 heteroatoms. The molecule has 1 saturated carbocycles. The first-order chi connectivity index (χ1) is 25.5. The van der Waals surface area contributed by atoms with Crippen LogP contribution in [0.5, 0.6) is 0 Å². The van der Waals surface area contributed by atoms with Crippen LogP contribution in [0.4, 0.5) is 11.4 Å². The second-order valence-electron chi connectivity index (χ2n) is 14.8. The van der Waals surface area contributed by atoms with Crippen LogP contribution in [0.15, 0.2) is 48.7 Å². The van der Waals surface area contributed by atoms with Crippen molar-refractivity contribution >= 4 is 52.4 Å². The van der Waals surface area contributed by atoms with Crippen LogP contribution in [0.25, 0.3) is 11.1 Å². The summed E-state index contributed by atoms with van der Waals surface area (Å²) in [7, 11) is 1.86. The minimum absolute atomic E-state index is 0.222. The van der Waals surface area contributed by atoms with Crippen LogP contribution in [-0.4, -0.2) is 72.9 Å². The number of rotatable bonds is 9. The highest BCUT2D eigenvalue weighted by Crippen LogP contribution is 2.40. The Labute approximate surface area is 319 Å². The number of nitrogens with zero attached hydrogens (tertiary/aromatic N) is 5. The molecule has 278 valence electrons. The largest absolute Gasteiger partial charge is 0.481 e. The molecule has 0 bridgehead atoms. The Balaban J connectivity index is 1.02. The van der Waals surface area contributed by atoms with E-state index in [0.717, 1.165) is 87.2 Å². The van der Waals surface area contributed by atoms with E-state index in [9.17, 15) is 19.5 Å². The minimum atomic E-state index is -0.685. The first-order valence-electron chi connectivity index (χ1n) is 18.4. The molecule has 4 heterocycles. The summed E-state index contributed by atoms with van der Waals surface area (Å²) in [6, 6.07) is 13.0. The SMILES string of the molecule is CC(C)N1CCc2cc(C(=O)Nc3cccc(-c4cccc(NC(=O)c5nc6c(n5C)CCN(CC5CCC(C(=O)O)CC5)C6)c4Cl)c3Cl)ncc2C1. The Hall–Kier alpha value is -4.29. The molecule has 0 atom stereocenters. The number of imidazole rings is 1. The molecule has 3 aliphatic rings. The number of benzene rings is 2. The van der Waals surface area contributed by atoms with Gasteiger partial charge < -0.3 is 20.3 Å². The van der Waals surface area contributed by atoms with Crippen LogP contribution in [0.3, 0.4) is 0 Å². The fourth-order valence-corrected chi connectivity index (χ4v) is 8.51. The predicted molar refractivity (Wildman–Crippen MR) is 207 cm³/mol. The first-order valence-corrected chi connectivity index (χ1v) is 19.1. The number of amides is 2. The van der Waals surface area contributed by atoms with E-state index in [-0.39, 0.29) is 17.7 Å². The molecule has 2 aliphatic heterocycles. The van der Waals surface area contributed by atoms with Gasteiger partial charge in [-0.3, -0.25) is 29.2 Å². The Kier molecular flexibility index (Phi) is 10.9. The summed E-state index contributed by atoms with van der Waals surface area (Å²) in [6.07, 6.45) is 6.74. The molecule has 0 saturated heterocycles. The van der Waals surface area contributed by atoms with Gasteiger partial charge in [0.05, 0.1) is 33.0 Å². The number of pyridine rings is 1. The standard InChI is InChI=1S/C40H45Cl2N7O4/c1-23(2)49-17-14-26-18-32(43-19-27(26)21-49)38(50)45-30-8-4-6-28(35(30)41)29-7-5-9-31(36(29)42)46-39(51)37-44-33-22-48(16-15-34(33)47(37)3)20-24-10-12-25(13-11-24)40(52)53/h4-9,18-19,23-25H,10-17,20-22H2,1-3H3,(H,45,50)(H,46,51)(H,52,53). The van der Waals surface area contributed by atoms with Crippen molar-refractivity contribution in [3.05, 3.63) is 92.7 Å². The highest BCUT2D eigenvalue weighted by atomic mass is 35.5. The van der Waals surface area contributed by atoms with Gasteiger partial charge in [0.1, 0.15) is 5.69 Å². The third-order valence-corrected chi connectivity index (χ3v) is 11.9. The number of aliphatic carboxylic acids is 1. The highest BCUT2D eigenvalue weighted by Gasteiger charge is 2.30. The predicted octanol–water partition coefficient (Wildman–Crippen LogP) is 7.31. The van der Waals surface area contributed by atoms with E-state index >= 15 is 0 Å². The average molecular weight is 759 g/mol. The quantitative estimate of drug-likeness (QED) is 0.162. The molecular formula is C40H45Cl2N7O4. The van der Waals surface area contributed by atoms with E-state index in [4.69, 9.17) is 28.2 Å². The molecule has 53 heavy (non-hydrogen) atoms. The van der Waals surface area contributed by atoms with Gasteiger partial charge in [-0.15, -0.1) is 0 Å². The maximum atomic E-state index is 13.7. The average Bonchev–Trinajstić information content (AvgIpc) is 3.48. The lowest BCUT2D eigenvalue weighted by Gasteiger charge is -2.33. The molecule has 7 rings (SSSR count). The highest BCUT2D eigenvalue weighted by molar-refractivity contribution is 6.40. The van der Waals surface area contributed by atoms with Crippen molar-refractivity contribution in [3.63, 3.8) is 0 Å². The number of fused-ring (bicyclic) bond motifs is 2. The smallest absolute Gasteiger partial charge is 0.306 e. The summed E-state index contributed by atoms with van der Waals surface area (Å²) >= 11 is 13.8. The summed E-state index contributed by atoms with van der Waals surface area (Å²) in [6.45, 7) is 8.53. The molecule has 2 aromatic carbocycles. The summed E-state index contributed by atoms with van der Waals surface area (Å²) in [5.74, 6) is -0.859. The van der Waals surface area contributed by atoms with Crippen LogP contribution in [0, 0.1) is 11.8 Å². The van der Waals surface area contributed by atoms with Gasteiger partial charge in [-0.05, 0) is 81.2 Å². The summed E-state index contributed by atoms with van der Waals surface area (Å²) in [5, 5.41) is 15.8. The number of hydrogen-bond donors (Lipinski definition) is 3. The molecule has 4 aromatic rings. The van der Waals surface area contributed by atoms with Gasteiger partial charge in [0.25, 0.3) is 11.8 Å². The van der Waals surface area contributed by atoms with Crippen LogP contribution in [0.1, 0.15) is 83.2 Å². The zero-order valence-corrected chi connectivity index (χ0v) is 31.8. The number of nitrogens with one attached hydrogen (secondary N) is 2. The Bertz CT molecular complexity index is 2060. The van der Waals surface area contributed by atoms with E-state index < -0.39 is 5.97 Å². The van der Waals surface area contributed by atoms with Crippen molar-refractivity contribution in [2.45, 2.75) is 71.5 Å². The number of aromatic nitrogens is 3. The van der Waals surface area contributed by atoms with Crippen molar-refractivity contribution in [3.8, 4) is 11.1 Å². The Morgan fingerprint density at radius 3 is 2.19 bits per heavy atom. The third-order valence-electron chi connectivity index (χ3n) is 11.1. The van der Waals surface area contributed by atoms with Crippen LogP contribution in [0.2, 0.25) is 10.0 Å². The van der Waals surface area contributed by atoms with Crippen molar-refractivity contribution in [2.24, 2.45) is 18.9 Å². The number of carbonyl (C=O) groups excluding carboxylic acids is 2. The zero-order valence-electron chi connectivity index (χ0n) is 30.3. The maximum absolute atomic E-state index is 13.7.